The molecule has 4 heteroatoms. The molecule has 1 unspecified atom stereocenters. The number of pyridine rings is 1. The Morgan fingerprint density at radius 3 is 2.55 bits per heavy atom. The number of carbonyl (C=O) groups is 2. The highest BCUT2D eigenvalue weighted by atomic mass is 16.5. The highest BCUT2D eigenvalue weighted by Gasteiger charge is 2.18. The average Bonchev–Trinajstić information content (AvgIpc) is 2.52. The molecule has 0 fully saturated rings. The highest BCUT2D eigenvalue weighted by molar-refractivity contribution is 5.73. The van der Waals surface area contributed by atoms with E-state index in [2.05, 4.69) is 4.98 Å². The van der Waals surface area contributed by atoms with Crippen LogP contribution >= 0.6 is 0 Å². The van der Waals surface area contributed by atoms with Crippen LogP contribution in [0.25, 0.3) is 0 Å². The van der Waals surface area contributed by atoms with Crippen LogP contribution in [0, 0.1) is 0 Å². The number of hydrogen-bond donors (Lipinski definition) is 0. The van der Waals surface area contributed by atoms with E-state index < -0.39 is 12.1 Å². The Kier molecular flexibility index (Phi) is 5.00. The van der Waals surface area contributed by atoms with Gasteiger partial charge in [0, 0.05) is 24.4 Å². The first-order valence-corrected chi connectivity index (χ1v) is 6.39. The summed E-state index contributed by atoms with van der Waals surface area (Å²) in [4.78, 5) is 26.1. The van der Waals surface area contributed by atoms with Crippen LogP contribution in [0.2, 0.25) is 0 Å². The van der Waals surface area contributed by atoms with Gasteiger partial charge in [-0.15, -0.1) is 0 Å². The number of benzene rings is 1. The number of aromatic nitrogens is 1. The zero-order valence-corrected chi connectivity index (χ0v) is 10.9. The molecule has 1 heterocycles. The zero-order chi connectivity index (χ0) is 14.2. The van der Waals surface area contributed by atoms with Crippen LogP contribution in [0.15, 0.2) is 54.9 Å². The first-order chi connectivity index (χ1) is 9.81. The minimum atomic E-state index is -0.496. The topological polar surface area (TPSA) is 56.3 Å². The van der Waals surface area contributed by atoms with Crippen molar-refractivity contribution in [1.82, 2.24) is 4.98 Å². The van der Waals surface area contributed by atoms with E-state index in [1.165, 1.54) is 0 Å². The molecule has 1 atom stereocenters. The molecule has 2 aromatic rings. The van der Waals surface area contributed by atoms with Crippen molar-refractivity contribution < 1.29 is 14.3 Å². The zero-order valence-electron chi connectivity index (χ0n) is 10.9. The third-order valence-corrected chi connectivity index (χ3v) is 2.81. The molecule has 0 N–H and O–H groups in total. The summed E-state index contributed by atoms with van der Waals surface area (Å²) in [7, 11) is 0. The second kappa shape index (κ2) is 7.19. The maximum Gasteiger partial charge on any atom is 0.307 e. The van der Waals surface area contributed by atoms with Gasteiger partial charge >= 0.3 is 5.97 Å². The van der Waals surface area contributed by atoms with Crippen LogP contribution in [0.4, 0.5) is 0 Å². The molecule has 4 nitrogen and oxygen atoms in total. The van der Waals surface area contributed by atoms with Crippen LogP contribution < -0.4 is 0 Å². The SMILES string of the molecule is O=CCCC(=O)OC(c1ccccc1)c1cccnc1. The third-order valence-electron chi connectivity index (χ3n) is 2.81. The molecular weight excluding hydrogens is 254 g/mol. The molecule has 0 aliphatic heterocycles. The first kappa shape index (κ1) is 13.9. The van der Waals surface area contributed by atoms with Crippen molar-refractivity contribution in [2.24, 2.45) is 0 Å². The second-order valence-electron chi connectivity index (χ2n) is 4.27. The summed E-state index contributed by atoms with van der Waals surface area (Å²) in [6.45, 7) is 0. The predicted octanol–water partition coefficient (Wildman–Crippen LogP) is 2.69. The summed E-state index contributed by atoms with van der Waals surface area (Å²) in [6, 6.07) is 13.1. The van der Waals surface area contributed by atoms with Gasteiger partial charge in [-0.1, -0.05) is 36.4 Å². The van der Waals surface area contributed by atoms with Crippen molar-refractivity contribution >= 4 is 12.3 Å². The van der Waals surface area contributed by atoms with Gasteiger partial charge in [0.2, 0.25) is 0 Å². The minimum Gasteiger partial charge on any atom is -0.452 e. The van der Waals surface area contributed by atoms with E-state index in [-0.39, 0.29) is 12.8 Å². The molecule has 0 amide bonds. The van der Waals surface area contributed by atoms with Crippen LogP contribution in [0.1, 0.15) is 30.1 Å². The van der Waals surface area contributed by atoms with Gasteiger partial charge in [0.1, 0.15) is 6.29 Å². The fourth-order valence-electron chi connectivity index (χ4n) is 1.85. The summed E-state index contributed by atoms with van der Waals surface area (Å²) < 4.78 is 5.49. The van der Waals surface area contributed by atoms with E-state index in [4.69, 9.17) is 4.74 Å². The van der Waals surface area contributed by atoms with Crippen molar-refractivity contribution in [3.63, 3.8) is 0 Å². The quantitative estimate of drug-likeness (QED) is 0.597. The minimum absolute atomic E-state index is 0.0904. The molecule has 0 bridgehead atoms. The average molecular weight is 269 g/mol. The number of hydrogen-bond acceptors (Lipinski definition) is 4. The van der Waals surface area contributed by atoms with E-state index in [0.29, 0.717) is 6.29 Å². The summed E-state index contributed by atoms with van der Waals surface area (Å²) in [5.41, 5.74) is 1.68. The molecule has 102 valence electrons. The smallest absolute Gasteiger partial charge is 0.307 e. The number of esters is 1. The van der Waals surface area contributed by atoms with Crippen molar-refractivity contribution in [1.29, 1.82) is 0 Å². The summed E-state index contributed by atoms with van der Waals surface area (Å²) >= 11 is 0. The van der Waals surface area contributed by atoms with Crippen LogP contribution in [0.5, 0.6) is 0 Å². The van der Waals surface area contributed by atoms with Gasteiger partial charge in [-0.05, 0) is 11.6 Å². The monoisotopic (exact) mass is 269 g/mol. The molecule has 0 saturated heterocycles. The Balaban J connectivity index is 2.21. The van der Waals surface area contributed by atoms with Gasteiger partial charge in [0.15, 0.2) is 6.10 Å². The van der Waals surface area contributed by atoms with Crippen molar-refractivity contribution in [2.75, 3.05) is 0 Å². The summed E-state index contributed by atoms with van der Waals surface area (Å²) in [5, 5.41) is 0. The Morgan fingerprint density at radius 1 is 1.15 bits per heavy atom. The standard InChI is InChI=1S/C16H15NO3/c18-11-5-9-15(19)20-16(13-6-2-1-3-7-13)14-8-4-10-17-12-14/h1-4,6-8,10-12,16H,5,9H2. The van der Waals surface area contributed by atoms with Gasteiger partial charge in [0.25, 0.3) is 0 Å². The van der Waals surface area contributed by atoms with E-state index in [0.717, 1.165) is 11.1 Å². The number of carbonyl (C=O) groups excluding carboxylic acids is 2. The molecule has 2 rings (SSSR count). The van der Waals surface area contributed by atoms with Gasteiger partial charge < -0.3 is 9.53 Å². The fraction of sp³-hybridized carbons (Fsp3) is 0.188. The van der Waals surface area contributed by atoms with Gasteiger partial charge in [-0.3, -0.25) is 9.78 Å². The van der Waals surface area contributed by atoms with Crippen molar-refractivity contribution in [3.05, 3.63) is 66.0 Å². The van der Waals surface area contributed by atoms with Gasteiger partial charge in [-0.25, -0.2) is 0 Å². The van der Waals surface area contributed by atoms with Crippen molar-refractivity contribution in [3.8, 4) is 0 Å². The van der Waals surface area contributed by atoms with E-state index in [1.807, 2.05) is 36.4 Å². The van der Waals surface area contributed by atoms with E-state index in [9.17, 15) is 9.59 Å². The molecular formula is C16H15NO3. The largest absolute Gasteiger partial charge is 0.452 e. The number of aldehydes is 1. The van der Waals surface area contributed by atoms with Crippen LogP contribution in [0.3, 0.4) is 0 Å². The molecule has 0 aliphatic rings. The van der Waals surface area contributed by atoms with E-state index >= 15 is 0 Å². The normalized spacial score (nSPS) is 11.6. The maximum atomic E-state index is 11.8. The van der Waals surface area contributed by atoms with Gasteiger partial charge in [0.05, 0.1) is 6.42 Å². The lowest BCUT2D eigenvalue weighted by molar-refractivity contribution is -0.148. The Hall–Kier alpha value is -2.49. The molecule has 0 aliphatic carbocycles. The number of nitrogens with zero attached hydrogens (tertiary/aromatic N) is 1. The van der Waals surface area contributed by atoms with Crippen LogP contribution in [-0.2, 0) is 14.3 Å². The molecule has 1 aromatic heterocycles. The Bertz CT molecular complexity index is 515. The highest BCUT2D eigenvalue weighted by Crippen LogP contribution is 2.25. The van der Waals surface area contributed by atoms with Crippen molar-refractivity contribution in [2.45, 2.75) is 18.9 Å². The lowest BCUT2D eigenvalue weighted by atomic mass is 10.0. The lowest BCUT2D eigenvalue weighted by Gasteiger charge is -2.18. The predicted molar refractivity (Wildman–Crippen MR) is 73.9 cm³/mol. The summed E-state index contributed by atoms with van der Waals surface area (Å²) in [6.07, 6.45) is 3.82. The molecule has 1 aromatic carbocycles. The molecule has 0 radical (unpaired) electrons. The molecule has 0 spiro atoms. The van der Waals surface area contributed by atoms with Gasteiger partial charge in [-0.2, -0.15) is 0 Å². The second-order valence-corrected chi connectivity index (χ2v) is 4.27. The first-order valence-electron chi connectivity index (χ1n) is 6.39. The fourth-order valence-corrected chi connectivity index (χ4v) is 1.85. The summed E-state index contributed by atoms with van der Waals surface area (Å²) in [5.74, 6) is -0.394. The Morgan fingerprint density at radius 2 is 1.90 bits per heavy atom. The molecule has 20 heavy (non-hydrogen) atoms. The van der Waals surface area contributed by atoms with Crippen LogP contribution in [-0.4, -0.2) is 17.2 Å². The Labute approximate surface area is 117 Å². The third kappa shape index (κ3) is 3.75. The molecule has 0 saturated carbocycles. The number of rotatable bonds is 6. The number of ether oxygens (including phenoxy) is 1. The van der Waals surface area contributed by atoms with E-state index in [1.54, 1.807) is 18.5 Å². The maximum absolute atomic E-state index is 11.8. The lowest BCUT2D eigenvalue weighted by Crippen LogP contribution is -2.13.